The molecule has 14 heterocycles. The zero-order valence-electron chi connectivity index (χ0n) is 71.6. The first-order valence-electron chi connectivity index (χ1n) is 37.9. The first-order valence-corrected chi connectivity index (χ1v) is 49.7. The SMILES string of the molecule is CO.COC(C)CBr.CSc1nc(Cl)cc2nccn12.CSc1nc(N)cc(Cl)n1.Clc1cc2nccn2c(Cl)n1.NCCCc1ccc([N+](=O)[O-])cn1.O=P(Cl)(Cl)Cl.O=[N+]([O-])c1ccc(CCCNc2nc(-c3ccc(Cl)cc3Cl)cc3nccn23)nc1.O=[N+]([O-])c1ccc(CCCNc2nc(Cl)cc3nccn23)nc1.O=c1[nH]c(Cl)cc2nccn12.OB(O)c1ccc(Cl)cc1Cl.[K+].[OH-]. The molecule has 14 aromatic heterocycles. The summed E-state index contributed by atoms with van der Waals surface area (Å²) < 4.78 is 23.0. The van der Waals surface area contributed by atoms with Crippen LogP contribution in [0.3, 0.4) is 0 Å². The Morgan fingerprint density at radius 2 is 0.949 bits per heavy atom. The van der Waals surface area contributed by atoms with Crippen LogP contribution in [0.5, 0.6) is 0 Å². The van der Waals surface area contributed by atoms with Crippen molar-refractivity contribution in [1.29, 1.82) is 0 Å². The Labute approximate surface area is 898 Å². The van der Waals surface area contributed by atoms with Crippen LogP contribution < -0.4 is 84.6 Å². The fraction of sp³-hybridized carbons (Fsp3) is 0.208. The summed E-state index contributed by atoms with van der Waals surface area (Å²) in [6.45, 7) is 3.92. The van der Waals surface area contributed by atoms with E-state index in [0.29, 0.717) is 125 Å². The van der Waals surface area contributed by atoms with Gasteiger partial charge in [-0.05, 0) is 158 Å². The number of anilines is 3. The molecule has 11 N–H and O–H groups in total. The van der Waals surface area contributed by atoms with Crippen molar-refractivity contribution in [3.05, 3.63) is 299 Å². The van der Waals surface area contributed by atoms with Crippen molar-refractivity contribution in [1.82, 2.24) is 96.8 Å². The van der Waals surface area contributed by atoms with Gasteiger partial charge >= 0.3 is 69.4 Å². The number of ether oxygens (including phenoxy) is 1. The molecule has 40 nitrogen and oxygen atoms in total. The summed E-state index contributed by atoms with van der Waals surface area (Å²) in [5.41, 5.74) is 18.2. The number of aryl methyl sites for hydroxylation is 3. The molecule has 0 saturated heterocycles. The number of alkyl halides is 1. The van der Waals surface area contributed by atoms with Gasteiger partial charge in [-0.15, -0.1) is 0 Å². The molecule has 0 aliphatic carbocycles. The van der Waals surface area contributed by atoms with Crippen molar-refractivity contribution in [3.8, 4) is 11.3 Å². The van der Waals surface area contributed by atoms with Crippen LogP contribution in [-0.4, -0.2) is 197 Å². The molecule has 0 spiro atoms. The number of nitrogens with zero attached hydrogens (tertiary/aromatic N) is 22. The molecule has 16 rings (SSSR count). The minimum absolute atomic E-state index is 0. The van der Waals surface area contributed by atoms with E-state index in [0.717, 1.165) is 82.9 Å². The van der Waals surface area contributed by atoms with E-state index in [4.69, 9.17) is 152 Å². The topological polar surface area (TPSA) is 558 Å². The number of H-pyrrole nitrogens is 1. The predicted octanol–water partition coefficient (Wildman–Crippen LogP) is 16.2. The van der Waals surface area contributed by atoms with Crippen molar-refractivity contribution >= 4 is 270 Å². The minimum Gasteiger partial charge on any atom is -0.870 e. The van der Waals surface area contributed by atoms with Gasteiger partial charge in [0.25, 0.3) is 17.1 Å². The quantitative estimate of drug-likeness (QED) is 0.00359. The molecule has 718 valence electrons. The summed E-state index contributed by atoms with van der Waals surface area (Å²) in [5, 5.41) is 65.7. The molecule has 1 atom stereocenters. The van der Waals surface area contributed by atoms with Crippen LogP contribution in [0.15, 0.2) is 205 Å². The van der Waals surface area contributed by atoms with Crippen LogP contribution in [0.4, 0.5) is 34.8 Å². The summed E-state index contributed by atoms with van der Waals surface area (Å²) in [6.07, 6.45) is 29.7. The number of benzene rings is 2. The molecule has 0 amide bonds. The number of hydrogen-bond acceptors (Lipinski definition) is 33. The summed E-state index contributed by atoms with van der Waals surface area (Å²) in [6, 6.07) is 29.2. The first-order chi connectivity index (χ1) is 63.9. The standard InChI is InChI=1S/C20H16Cl2N6O2.C14H13ClN6O2.C8H11N3O2.C7H6ClN3S.C6H5BCl2O2.C6H3Cl2N3.C6H4ClN3O.C5H6ClN3S.C4H9BrO.CH4O.Cl3OP.K.H2O/c21-13-3-6-16(17(22)10-13)18-11-19-23-8-9-27(19)20(26-18)24-7-1-2-14-4-5-15(12-25-14)28(29)30;15-12-8-13-16-6-7-20(13)14(19-12)17-5-1-2-10-3-4-11(9-18-10)21(22)23;9-5-1-2-7-3-4-8(6-10-7)11(12)13;1-12-7-10-5(8)4-6-9-2-3-11(6)7;8-4-1-2-5(7(10)11)6(9)3-4;7-4-3-5-9-1-2-11(5)6(8)10-4;7-4-3-5-8-1-2-10(5)6(11)9-4;1-10-5-8-3(6)2-4(7)9-5;1-4(3-5)6-2;1-2;1-5(2,3)4;;/h3-6,8-12H,1-2,7H2,(H,24,26);3-4,6-9H,1-2,5H2,(H,17,19);3-4,6H,1-2,5,9H2;2-4H,1H3;1-3,10-11H;1-3H;1-3H,(H,9,11);2H,1H3,(H2,7,8,9);4H,3H2,1-2H3;2H,1H3;;;1H2/q;;;;;;;;;;;+1;/p-1. The maximum absolute atomic E-state index is 11.0. The van der Waals surface area contributed by atoms with Gasteiger partial charge in [0.15, 0.2) is 10.3 Å². The number of imidazole rings is 5. The average molecular weight is 2280 g/mol. The van der Waals surface area contributed by atoms with Crippen molar-refractivity contribution in [2.75, 3.05) is 68.1 Å². The predicted molar refractivity (Wildman–Crippen MR) is 539 cm³/mol. The number of rotatable bonds is 22. The van der Waals surface area contributed by atoms with E-state index in [1.54, 1.807) is 134 Å². The van der Waals surface area contributed by atoms with Gasteiger partial charge in [-0.1, -0.05) is 150 Å². The molecule has 2 aromatic carbocycles. The van der Waals surface area contributed by atoms with Crippen LogP contribution in [0.2, 0.25) is 51.1 Å². The second-order valence-electron chi connectivity index (χ2n) is 25.6. The van der Waals surface area contributed by atoms with Crippen molar-refractivity contribution < 1.29 is 96.1 Å². The number of aliphatic hydroxyl groups excluding tert-OH is 1. The molecule has 16 aromatic rings. The number of nitrogens with two attached hydrogens (primary N) is 2. The normalized spacial score (nSPS) is 10.5. The second-order valence-corrected chi connectivity index (χ2v) is 38.4. The van der Waals surface area contributed by atoms with Crippen molar-refractivity contribution in [2.45, 2.75) is 61.9 Å². The third-order valence-electron chi connectivity index (χ3n) is 16.4. The number of nitro groups is 3. The minimum atomic E-state index is -3.22. The molecule has 0 aliphatic heterocycles. The van der Waals surface area contributed by atoms with Gasteiger partial charge in [0.2, 0.25) is 17.2 Å². The molecule has 0 bridgehead atoms. The van der Waals surface area contributed by atoms with Crippen molar-refractivity contribution in [2.24, 2.45) is 5.73 Å². The number of halogens is 14. The van der Waals surface area contributed by atoms with Gasteiger partial charge in [0, 0.05) is 192 Å². The first kappa shape index (κ1) is 120. The van der Waals surface area contributed by atoms with E-state index in [1.165, 1.54) is 71.2 Å². The second kappa shape index (κ2) is 63.0. The van der Waals surface area contributed by atoms with E-state index in [1.807, 2.05) is 57.2 Å². The number of aromatic nitrogens is 20. The Balaban J connectivity index is 0.000000328. The molecule has 59 heteroatoms. The summed E-state index contributed by atoms with van der Waals surface area (Å²) >= 11 is 77.9. The molecule has 0 fully saturated rings. The molecule has 0 radical (unpaired) electrons. The largest absolute Gasteiger partial charge is 1.00 e. The molecule has 0 aliphatic rings. The summed E-state index contributed by atoms with van der Waals surface area (Å²) in [7, 11) is 1.16. The molecular formula is C77H78BBrCl13KN27O13PS2. The monoisotopic (exact) mass is 2270 g/mol. The fourth-order valence-corrected chi connectivity index (χ4v) is 13.7. The smallest absolute Gasteiger partial charge is 0.870 e. The Morgan fingerprint density at radius 1 is 0.537 bits per heavy atom. The number of nitrogen functional groups attached to an aromatic ring is 1. The number of aliphatic hydroxyl groups is 1. The van der Waals surface area contributed by atoms with Gasteiger partial charge in [0.1, 0.15) is 78.4 Å². The van der Waals surface area contributed by atoms with E-state index in [2.05, 4.69) is 130 Å². The van der Waals surface area contributed by atoms with E-state index >= 15 is 0 Å². The van der Waals surface area contributed by atoms with Gasteiger partial charge in [0.05, 0.1) is 31.6 Å². The molecule has 0 saturated carbocycles. The van der Waals surface area contributed by atoms with Crippen molar-refractivity contribution in [3.63, 3.8) is 0 Å². The van der Waals surface area contributed by atoms with E-state index in [-0.39, 0.29) is 90.1 Å². The number of pyridine rings is 3. The third-order valence-corrected chi connectivity index (χ3v) is 20.8. The Bertz CT molecular complexity index is 6540. The number of fused-ring (bicyclic) bond motifs is 5. The van der Waals surface area contributed by atoms with Crippen LogP contribution >= 0.6 is 194 Å². The van der Waals surface area contributed by atoms with Gasteiger partial charge in [-0.25, -0.2) is 59.6 Å². The Hall–Kier alpha value is -7.89. The maximum atomic E-state index is 11.0. The fourth-order valence-electron chi connectivity index (χ4n) is 10.2. The Morgan fingerprint density at radius 3 is 1.37 bits per heavy atom. The van der Waals surface area contributed by atoms with E-state index in [9.17, 15) is 39.7 Å². The van der Waals surface area contributed by atoms with Gasteiger partial charge in [-0.2, -0.15) is 0 Å². The molecular weight excluding hydrogens is 2200 g/mol. The van der Waals surface area contributed by atoms with Crippen LogP contribution in [-0.2, 0) is 28.6 Å². The average Bonchev–Trinajstić information content (AvgIpc) is 1.68. The van der Waals surface area contributed by atoms with Crippen LogP contribution in [0.1, 0.15) is 43.3 Å². The third kappa shape index (κ3) is 42.3. The zero-order chi connectivity index (χ0) is 98.7. The Kier molecular flexibility index (Phi) is 55.8. The number of aromatic amines is 1. The summed E-state index contributed by atoms with van der Waals surface area (Å²) in [4.78, 5) is 101. The molecule has 1 unspecified atom stereocenters. The van der Waals surface area contributed by atoms with Gasteiger partial charge < -0.3 is 47.5 Å². The van der Waals surface area contributed by atoms with Crippen LogP contribution in [0, 0.1) is 30.3 Å². The zero-order valence-corrected chi connectivity index (χ0v) is 88.7. The number of methoxy groups -OCH3 is 1. The summed E-state index contributed by atoms with van der Waals surface area (Å²) in [5.74, 6) is 1.67. The number of nitrogens with one attached hydrogen (secondary N) is 3. The number of hydrogen-bond donors (Lipinski definition) is 8. The number of thioether (sulfide) groups is 2. The van der Waals surface area contributed by atoms with E-state index < -0.39 is 27.1 Å². The van der Waals surface area contributed by atoms with Crippen LogP contribution in [0.25, 0.3) is 39.5 Å². The van der Waals surface area contributed by atoms with Gasteiger partial charge in [-0.3, -0.25) is 76.8 Å². The molecule has 136 heavy (non-hydrogen) atoms. The maximum Gasteiger partial charge on any atom is 1.00 e.